The zero-order valence-corrected chi connectivity index (χ0v) is 8.62. The monoisotopic (exact) mass is 223 g/mol. The van der Waals surface area contributed by atoms with E-state index in [4.69, 9.17) is 5.73 Å². The number of nitrogens with two attached hydrogens (primary N) is 1. The molecule has 0 saturated carbocycles. The second-order valence-corrected chi connectivity index (χ2v) is 3.67. The Bertz CT molecular complexity index is 414. The van der Waals surface area contributed by atoms with Crippen molar-refractivity contribution in [2.75, 3.05) is 12.3 Å². The number of nitrogens with one attached hydrogen (secondary N) is 3. The summed E-state index contributed by atoms with van der Waals surface area (Å²) >= 11 is 0. The standard InChI is InChI=1S/C9H13N5O2/c10-7-4-6(13-14-7)9(16)12-5-2-1-3-11-8(5)15/h4-5H,1-3H2,(H,11,15)(H,12,16)(H3,10,13,14). The van der Waals surface area contributed by atoms with Crippen LogP contribution in [0.15, 0.2) is 6.07 Å². The molecule has 16 heavy (non-hydrogen) atoms. The fourth-order valence-electron chi connectivity index (χ4n) is 1.60. The van der Waals surface area contributed by atoms with E-state index >= 15 is 0 Å². The van der Waals surface area contributed by atoms with Gasteiger partial charge in [-0.2, -0.15) is 5.10 Å². The van der Waals surface area contributed by atoms with Crippen LogP contribution in [0, 0.1) is 0 Å². The molecule has 1 fully saturated rings. The van der Waals surface area contributed by atoms with Gasteiger partial charge in [-0.25, -0.2) is 0 Å². The number of amides is 2. The highest BCUT2D eigenvalue weighted by atomic mass is 16.2. The summed E-state index contributed by atoms with van der Waals surface area (Å²) in [5.41, 5.74) is 5.64. The van der Waals surface area contributed by atoms with Crippen molar-refractivity contribution in [3.05, 3.63) is 11.8 Å². The maximum atomic E-state index is 11.7. The first-order chi connectivity index (χ1) is 7.66. The van der Waals surface area contributed by atoms with E-state index in [1.165, 1.54) is 6.07 Å². The fraction of sp³-hybridized carbons (Fsp3) is 0.444. The van der Waals surface area contributed by atoms with E-state index in [0.717, 1.165) is 6.42 Å². The van der Waals surface area contributed by atoms with Crippen LogP contribution in [0.2, 0.25) is 0 Å². The van der Waals surface area contributed by atoms with Crippen molar-refractivity contribution in [2.45, 2.75) is 18.9 Å². The Labute approximate surface area is 91.8 Å². The molecule has 7 heteroatoms. The molecular weight excluding hydrogens is 210 g/mol. The lowest BCUT2D eigenvalue weighted by molar-refractivity contribution is -0.124. The maximum absolute atomic E-state index is 11.7. The van der Waals surface area contributed by atoms with Crippen molar-refractivity contribution in [1.82, 2.24) is 20.8 Å². The molecule has 1 aliphatic heterocycles. The van der Waals surface area contributed by atoms with E-state index in [1.807, 2.05) is 0 Å². The molecule has 86 valence electrons. The number of aromatic amines is 1. The fourth-order valence-corrected chi connectivity index (χ4v) is 1.60. The van der Waals surface area contributed by atoms with Gasteiger partial charge in [-0.05, 0) is 12.8 Å². The molecule has 2 rings (SSSR count). The summed E-state index contributed by atoms with van der Waals surface area (Å²) in [5, 5.41) is 11.4. The van der Waals surface area contributed by atoms with Crippen LogP contribution in [0.3, 0.4) is 0 Å². The summed E-state index contributed by atoms with van der Waals surface area (Å²) in [4.78, 5) is 23.0. The Morgan fingerprint density at radius 3 is 3.06 bits per heavy atom. The molecule has 0 bridgehead atoms. The van der Waals surface area contributed by atoms with Crippen LogP contribution >= 0.6 is 0 Å². The minimum Gasteiger partial charge on any atom is -0.382 e. The van der Waals surface area contributed by atoms with Crippen molar-refractivity contribution < 1.29 is 9.59 Å². The zero-order valence-electron chi connectivity index (χ0n) is 8.62. The number of hydrogen-bond donors (Lipinski definition) is 4. The number of piperidine rings is 1. The first-order valence-electron chi connectivity index (χ1n) is 5.06. The van der Waals surface area contributed by atoms with Crippen LogP contribution in [0.1, 0.15) is 23.3 Å². The molecule has 1 aromatic rings. The lowest BCUT2D eigenvalue weighted by atomic mass is 10.1. The first-order valence-corrected chi connectivity index (χ1v) is 5.06. The number of rotatable bonds is 2. The van der Waals surface area contributed by atoms with Crippen LogP contribution in [-0.2, 0) is 4.79 Å². The minimum absolute atomic E-state index is 0.146. The van der Waals surface area contributed by atoms with Gasteiger partial charge >= 0.3 is 0 Å². The number of nitrogen functional groups attached to an aromatic ring is 1. The van der Waals surface area contributed by atoms with E-state index in [0.29, 0.717) is 13.0 Å². The van der Waals surface area contributed by atoms with Gasteiger partial charge in [-0.3, -0.25) is 14.7 Å². The van der Waals surface area contributed by atoms with Crippen LogP contribution in [0.4, 0.5) is 5.82 Å². The number of aromatic nitrogens is 2. The van der Waals surface area contributed by atoms with Crippen LogP contribution < -0.4 is 16.4 Å². The molecule has 2 amide bonds. The number of H-pyrrole nitrogens is 1. The summed E-state index contributed by atoms with van der Waals surface area (Å²) < 4.78 is 0. The molecule has 0 aromatic carbocycles. The van der Waals surface area contributed by atoms with Gasteiger partial charge < -0.3 is 16.4 Å². The highest BCUT2D eigenvalue weighted by Crippen LogP contribution is 2.05. The normalized spacial score (nSPS) is 20.2. The number of anilines is 1. The summed E-state index contributed by atoms with van der Waals surface area (Å²) in [5.74, 6) is -0.267. The summed E-state index contributed by atoms with van der Waals surface area (Å²) in [7, 11) is 0. The van der Waals surface area contributed by atoms with Crippen LogP contribution in [0.5, 0.6) is 0 Å². The molecule has 0 radical (unpaired) electrons. The molecule has 5 N–H and O–H groups in total. The molecule has 1 unspecified atom stereocenters. The minimum atomic E-state index is -0.467. The Morgan fingerprint density at radius 2 is 2.44 bits per heavy atom. The predicted octanol–water partition coefficient (Wildman–Crippen LogP) is -1.000. The quantitative estimate of drug-likeness (QED) is 0.515. The van der Waals surface area contributed by atoms with E-state index in [-0.39, 0.29) is 23.3 Å². The topological polar surface area (TPSA) is 113 Å². The molecule has 0 spiro atoms. The van der Waals surface area contributed by atoms with Crippen molar-refractivity contribution >= 4 is 17.6 Å². The summed E-state index contributed by atoms with van der Waals surface area (Å²) in [6, 6.07) is 0.960. The van der Waals surface area contributed by atoms with Crippen LogP contribution in [-0.4, -0.2) is 34.6 Å². The smallest absolute Gasteiger partial charge is 0.270 e. The highest BCUT2D eigenvalue weighted by molar-refractivity contribution is 5.96. The van der Waals surface area contributed by atoms with Gasteiger partial charge in [0, 0.05) is 12.6 Å². The Hall–Kier alpha value is -2.05. The molecule has 0 aliphatic carbocycles. The van der Waals surface area contributed by atoms with Gasteiger partial charge in [0.15, 0.2) is 0 Å². The Kier molecular flexibility index (Phi) is 2.76. The average Bonchev–Trinajstić information content (AvgIpc) is 2.68. The molecule has 2 heterocycles. The van der Waals surface area contributed by atoms with Gasteiger partial charge in [0.05, 0.1) is 0 Å². The molecule has 1 saturated heterocycles. The highest BCUT2D eigenvalue weighted by Gasteiger charge is 2.24. The van der Waals surface area contributed by atoms with Gasteiger partial charge in [0.25, 0.3) is 5.91 Å². The van der Waals surface area contributed by atoms with Crippen molar-refractivity contribution in [3.8, 4) is 0 Å². The Balaban J connectivity index is 1.99. The molecule has 7 nitrogen and oxygen atoms in total. The van der Waals surface area contributed by atoms with Crippen molar-refractivity contribution in [3.63, 3.8) is 0 Å². The third kappa shape index (κ3) is 2.13. The SMILES string of the molecule is Nc1cc(C(=O)NC2CCCNC2=O)[nH]n1. The van der Waals surface area contributed by atoms with Gasteiger partial charge in [0.1, 0.15) is 17.6 Å². The number of carbonyl (C=O) groups excluding carboxylic acids is 2. The average molecular weight is 223 g/mol. The van der Waals surface area contributed by atoms with Gasteiger partial charge in [-0.15, -0.1) is 0 Å². The van der Waals surface area contributed by atoms with Crippen molar-refractivity contribution in [1.29, 1.82) is 0 Å². The molecule has 1 aliphatic rings. The largest absolute Gasteiger partial charge is 0.382 e. The second kappa shape index (κ2) is 4.21. The lowest BCUT2D eigenvalue weighted by Gasteiger charge is -2.22. The van der Waals surface area contributed by atoms with E-state index in [2.05, 4.69) is 20.8 Å². The van der Waals surface area contributed by atoms with E-state index < -0.39 is 6.04 Å². The van der Waals surface area contributed by atoms with Crippen molar-refractivity contribution in [2.24, 2.45) is 0 Å². The molecule has 1 aromatic heterocycles. The first kappa shape index (κ1) is 10.5. The zero-order chi connectivity index (χ0) is 11.5. The van der Waals surface area contributed by atoms with E-state index in [1.54, 1.807) is 0 Å². The number of hydrogen-bond acceptors (Lipinski definition) is 4. The summed E-state index contributed by atoms with van der Waals surface area (Å²) in [6.07, 6.45) is 1.52. The number of nitrogens with zero attached hydrogens (tertiary/aromatic N) is 1. The van der Waals surface area contributed by atoms with Crippen LogP contribution in [0.25, 0.3) is 0 Å². The molecular formula is C9H13N5O2. The lowest BCUT2D eigenvalue weighted by Crippen LogP contribution is -2.50. The Morgan fingerprint density at radius 1 is 1.62 bits per heavy atom. The predicted molar refractivity (Wildman–Crippen MR) is 56.5 cm³/mol. The third-order valence-electron chi connectivity index (χ3n) is 2.43. The van der Waals surface area contributed by atoms with E-state index in [9.17, 15) is 9.59 Å². The molecule has 1 atom stereocenters. The van der Waals surface area contributed by atoms with Gasteiger partial charge in [-0.1, -0.05) is 0 Å². The summed E-state index contributed by atoms with van der Waals surface area (Å²) in [6.45, 7) is 0.669. The maximum Gasteiger partial charge on any atom is 0.270 e. The second-order valence-electron chi connectivity index (χ2n) is 3.67. The third-order valence-corrected chi connectivity index (χ3v) is 2.43. The number of carbonyl (C=O) groups is 2. The van der Waals surface area contributed by atoms with Gasteiger partial charge in [0.2, 0.25) is 5.91 Å².